The van der Waals surface area contributed by atoms with E-state index in [1.807, 2.05) is 55.5 Å². The van der Waals surface area contributed by atoms with E-state index < -0.39 is 0 Å². The van der Waals surface area contributed by atoms with Crippen LogP contribution in [0.3, 0.4) is 0 Å². The lowest BCUT2D eigenvalue weighted by Gasteiger charge is -2.09. The molecule has 0 fully saturated rings. The Morgan fingerprint density at radius 1 is 1.06 bits per heavy atom. The average molecular weight is 292 g/mol. The van der Waals surface area contributed by atoms with Crippen LogP contribution in [0.15, 0.2) is 53.0 Å². The van der Waals surface area contributed by atoms with Gasteiger partial charge in [-0.3, -0.25) is 0 Å². The van der Waals surface area contributed by atoms with Gasteiger partial charge >= 0.3 is 0 Å². The molecule has 2 N–H and O–H groups in total. The number of benzene rings is 2. The van der Waals surface area contributed by atoms with Gasteiger partial charge in [0.2, 0.25) is 0 Å². The minimum Gasteiger partial charge on any atom is -0.457 e. The van der Waals surface area contributed by atoms with E-state index in [2.05, 4.69) is 15.9 Å². The van der Waals surface area contributed by atoms with E-state index >= 15 is 0 Å². The summed E-state index contributed by atoms with van der Waals surface area (Å²) in [5, 5.41) is 0. The lowest BCUT2D eigenvalue weighted by Crippen LogP contribution is -2.04. The highest BCUT2D eigenvalue weighted by Gasteiger charge is 2.02. The average Bonchev–Trinajstić information content (AvgIpc) is 2.29. The van der Waals surface area contributed by atoms with Crippen LogP contribution in [0.1, 0.15) is 18.5 Å². The largest absolute Gasteiger partial charge is 0.457 e. The molecule has 0 aromatic heterocycles. The van der Waals surface area contributed by atoms with Crippen LogP contribution in [0.4, 0.5) is 0 Å². The molecule has 1 atom stereocenters. The molecule has 3 heteroatoms. The molecule has 2 aromatic rings. The summed E-state index contributed by atoms with van der Waals surface area (Å²) in [6.45, 7) is 1.96. The fourth-order valence-corrected chi connectivity index (χ4v) is 1.91. The van der Waals surface area contributed by atoms with Crippen LogP contribution in [0.5, 0.6) is 11.5 Å². The Hall–Kier alpha value is -1.32. The number of nitrogens with two attached hydrogens (primary N) is 1. The second kappa shape index (κ2) is 5.34. The summed E-state index contributed by atoms with van der Waals surface area (Å²) in [5.41, 5.74) is 6.90. The molecule has 0 radical (unpaired) electrons. The van der Waals surface area contributed by atoms with Crippen LogP contribution >= 0.6 is 15.9 Å². The van der Waals surface area contributed by atoms with Crippen LogP contribution in [0, 0.1) is 0 Å². The van der Waals surface area contributed by atoms with Gasteiger partial charge < -0.3 is 10.5 Å². The van der Waals surface area contributed by atoms with Crippen molar-refractivity contribution < 1.29 is 4.74 Å². The maximum absolute atomic E-state index is 5.84. The van der Waals surface area contributed by atoms with Gasteiger partial charge in [-0.2, -0.15) is 0 Å². The van der Waals surface area contributed by atoms with Crippen molar-refractivity contribution in [3.8, 4) is 11.5 Å². The highest BCUT2D eigenvalue weighted by Crippen LogP contribution is 2.25. The normalized spacial score (nSPS) is 12.2. The van der Waals surface area contributed by atoms with Crippen molar-refractivity contribution in [1.29, 1.82) is 0 Å². The predicted molar refractivity (Wildman–Crippen MR) is 73.3 cm³/mol. The predicted octanol–water partition coefficient (Wildman–Crippen LogP) is 4.26. The Morgan fingerprint density at radius 2 is 1.71 bits per heavy atom. The van der Waals surface area contributed by atoms with Gasteiger partial charge in [-0.05, 0) is 42.8 Å². The van der Waals surface area contributed by atoms with Crippen molar-refractivity contribution in [2.24, 2.45) is 5.73 Å². The lowest BCUT2D eigenvalue weighted by atomic mass is 10.1. The SMILES string of the molecule is CC(N)c1cccc(Oc2cccc(Br)c2)c1. The number of hydrogen-bond donors (Lipinski definition) is 1. The number of ether oxygens (including phenoxy) is 1. The topological polar surface area (TPSA) is 35.2 Å². The van der Waals surface area contributed by atoms with E-state index in [0.717, 1.165) is 21.5 Å². The maximum atomic E-state index is 5.84. The van der Waals surface area contributed by atoms with Crippen molar-refractivity contribution in [3.63, 3.8) is 0 Å². The molecule has 0 aliphatic heterocycles. The van der Waals surface area contributed by atoms with Gasteiger partial charge in [0.1, 0.15) is 11.5 Å². The molecule has 0 spiro atoms. The second-order valence-electron chi connectivity index (χ2n) is 3.92. The van der Waals surface area contributed by atoms with Gasteiger partial charge in [-0.1, -0.05) is 34.1 Å². The van der Waals surface area contributed by atoms with Crippen LogP contribution < -0.4 is 10.5 Å². The van der Waals surface area contributed by atoms with Crippen molar-refractivity contribution >= 4 is 15.9 Å². The molecule has 0 heterocycles. The van der Waals surface area contributed by atoms with E-state index in [1.165, 1.54) is 0 Å². The molecule has 0 aliphatic rings. The Kier molecular flexibility index (Phi) is 3.82. The summed E-state index contributed by atoms with van der Waals surface area (Å²) in [4.78, 5) is 0. The zero-order valence-electron chi connectivity index (χ0n) is 9.56. The third kappa shape index (κ3) is 3.32. The fraction of sp³-hybridized carbons (Fsp3) is 0.143. The first-order chi connectivity index (χ1) is 8.15. The molecule has 2 nitrogen and oxygen atoms in total. The summed E-state index contributed by atoms with van der Waals surface area (Å²) in [7, 11) is 0. The monoisotopic (exact) mass is 291 g/mol. The van der Waals surface area contributed by atoms with E-state index in [-0.39, 0.29) is 6.04 Å². The summed E-state index contributed by atoms with van der Waals surface area (Å²) >= 11 is 3.41. The zero-order valence-corrected chi connectivity index (χ0v) is 11.1. The third-order valence-electron chi connectivity index (χ3n) is 2.42. The Morgan fingerprint density at radius 3 is 2.35 bits per heavy atom. The molecule has 17 heavy (non-hydrogen) atoms. The number of rotatable bonds is 3. The minimum absolute atomic E-state index is 0.0149. The first-order valence-electron chi connectivity index (χ1n) is 5.44. The van der Waals surface area contributed by atoms with Crippen LogP contribution in [-0.4, -0.2) is 0 Å². The molecule has 0 saturated heterocycles. The van der Waals surface area contributed by atoms with Crippen molar-refractivity contribution in [2.45, 2.75) is 13.0 Å². The van der Waals surface area contributed by atoms with Gasteiger partial charge in [0, 0.05) is 10.5 Å². The summed E-state index contributed by atoms with van der Waals surface area (Å²) in [6, 6.07) is 15.6. The smallest absolute Gasteiger partial charge is 0.128 e. The van der Waals surface area contributed by atoms with Crippen molar-refractivity contribution in [1.82, 2.24) is 0 Å². The van der Waals surface area contributed by atoms with Crippen LogP contribution in [0.25, 0.3) is 0 Å². The Bertz CT molecular complexity index is 511. The zero-order chi connectivity index (χ0) is 12.3. The third-order valence-corrected chi connectivity index (χ3v) is 2.91. The summed E-state index contributed by atoms with van der Waals surface area (Å²) in [5.74, 6) is 1.61. The molecule has 0 saturated carbocycles. The van der Waals surface area contributed by atoms with Crippen LogP contribution in [-0.2, 0) is 0 Å². The van der Waals surface area contributed by atoms with Crippen molar-refractivity contribution in [3.05, 3.63) is 58.6 Å². The lowest BCUT2D eigenvalue weighted by molar-refractivity contribution is 0.481. The molecule has 1 unspecified atom stereocenters. The van der Waals surface area contributed by atoms with E-state index in [4.69, 9.17) is 10.5 Å². The first kappa shape index (κ1) is 12.1. The first-order valence-corrected chi connectivity index (χ1v) is 6.23. The van der Waals surface area contributed by atoms with Gasteiger partial charge in [-0.25, -0.2) is 0 Å². The van der Waals surface area contributed by atoms with Gasteiger partial charge in [0.05, 0.1) is 0 Å². The van der Waals surface area contributed by atoms with Gasteiger partial charge in [0.15, 0.2) is 0 Å². The number of halogens is 1. The highest BCUT2D eigenvalue weighted by molar-refractivity contribution is 9.10. The molecule has 0 bridgehead atoms. The molecule has 0 amide bonds. The molecule has 88 valence electrons. The quantitative estimate of drug-likeness (QED) is 0.917. The van der Waals surface area contributed by atoms with E-state index in [0.29, 0.717) is 0 Å². The standard InChI is InChI=1S/C14H14BrNO/c1-10(16)11-4-2-6-13(8-11)17-14-7-3-5-12(15)9-14/h2-10H,16H2,1H3. The Balaban J connectivity index is 2.21. The minimum atomic E-state index is 0.0149. The maximum Gasteiger partial charge on any atom is 0.128 e. The summed E-state index contributed by atoms with van der Waals surface area (Å²) in [6.07, 6.45) is 0. The van der Waals surface area contributed by atoms with Crippen LogP contribution in [0.2, 0.25) is 0 Å². The van der Waals surface area contributed by atoms with Crippen molar-refractivity contribution in [2.75, 3.05) is 0 Å². The fourth-order valence-electron chi connectivity index (χ4n) is 1.53. The Labute approximate surface area is 110 Å². The highest BCUT2D eigenvalue weighted by atomic mass is 79.9. The molecule has 2 rings (SSSR count). The van der Waals surface area contributed by atoms with Gasteiger partial charge in [0.25, 0.3) is 0 Å². The van der Waals surface area contributed by atoms with E-state index in [1.54, 1.807) is 0 Å². The molecular weight excluding hydrogens is 278 g/mol. The molecular formula is C14H14BrNO. The molecule has 0 aliphatic carbocycles. The second-order valence-corrected chi connectivity index (χ2v) is 4.84. The van der Waals surface area contributed by atoms with Gasteiger partial charge in [-0.15, -0.1) is 0 Å². The molecule has 2 aromatic carbocycles. The number of hydrogen-bond acceptors (Lipinski definition) is 2. The summed E-state index contributed by atoms with van der Waals surface area (Å²) < 4.78 is 6.76. The van der Waals surface area contributed by atoms with E-state index in [9.17, 15) is 0 Å².